The van der Waals surface area contributed by atoms with Crippen molar-refractivity contribution in [3.05, 3.63) is 72.3 Å². The van der Waals surface area contributed by atoms with E-state index >= 15 is 0 Å². The molecule has 1 amide bonds. The Morgan fingerprint density at radius 2 is 1.69 bits per heavy atom. The Labute approximate surface area is 148 Å². The fourth-order valence-corrected chi connectivity index (χ4v) is 2.51. The Hall–Kier alpha value is -3.61. The van der Waals surface area contributed by atoms with Crippen LogP contribution in [0.5, 0.6) is 11.5 Å². The number of ether oxygens (including phenoxy) is 2. The molecule has 1 aliphatic heterocycles. The molecule has 0 fully saturated rings. The van der Waals surface area contributed by atoms with Crippen LogP contribution >= 0.6 is 0 Å². The third-order valence-electron chi connectivity index (χ3n) is 3.76. The molecule has 3 aromatic rings. The molecule has 26 heavy (non-hydrogen) atoms. The van der Waals surface area contributed by atoms with Crippen molar-refractivity contribution in [2.24, 2.45) is 0 Å². The summed E-state index contributed by atoms with van der Waals surface area (Å²) in [6.07, 6.45) is 3.05. The highest BCUT2D eigenvalue weighted by Crippen LogP contribution is 2.34. The number of aromatic nitrogens is 1. The minimum absolute atomic E-state index is 0.174. The van der Waals surface area contributed by atoms with E-state index in [4.69, 9.17) is 9.47 Å². The van der Waals surface area contributed by atoms with Gasteiger partial charge >= 0.3 is 0 Å². The first-order chi connectivity index (χ1) is 12.7. The van der Waals surface area contributed by atoms with Crippen LogP contribution in [0.25, 0.3) is 0 Å². The number of amides is 1. The molecule has 0 bridgehead atoms. The van der Waals surface area contributed by atoms with E-state index in [0.29, 0.717) is 34.1 Å². The van der Waals surface area contributed by atoms with Crippen molar-refractivity contribution >= 4 is 23.0 Å². The van der Waals surface area contributed by atoms with E-state index in [1.165, 1.54) is 18.3 Å². The number of nitrogens with one attached hydrogen (secondary N) is 2. The topological polar surface area (TPSA) is 72.5 Å². The summed E-state index contributed by atoms with van der Waals surface area (Å²) in [6, 6.07) is 12.8. The van der Waals surface area contributed by atoms with Gasteiger partial charge in [0.1, 0.15) is 5.82 Å². The van der Waals surface area contributed by atoms with Gasteiger partial charge in [-0.05, 0) is 42.5 Å². The van der Waals surface area contributed by atoms with E-state index in [1.807, 2.05) is 0 Å². The number of halogens is 1. The molecule has 0 saturated carbocycles. The van der Waals surface area contributed by atoms with Crippen LogP contribution in [0, 0.1) is 5.82 Å². The van der Waals surface area contributed by atoms with Gasteiger partial charge in [0, 0.05) is 23.6 Å². The molecular formula is C19H14FN3O3. The lowest BCUT2D eigenvalue weighted by Gasteiger charge is -2.09. The van der Waals surface area contributed by atoms with Gasteiger partial charge in [-0.3, -0.25) is 9.78 Å². The summed E-state index contributed by atoms with van der Waals surface area (Å²) >= 11 is 0. The van der Waals surface area contributed by atoms with Gasteiger partial charge in [0.2, 0.25) is 6.79 Å². The number of hydrogen-bond acceptors (Lipinski definition) is 5. The maximum Gasteiger partial charge on any atom is 0.257 e. The lowest BCUT2D eigenvalue weighted by atomic mass is 10.2. The first kappa shape index (κ1) is 15.9. The summed E-state index contributed by atoms with van der Waals surface area (Å²) in [5.74, 6) is 0.618. The Kier molecular flexibility index (Phi) is 4.10. The highest BCUT2D eigenvalue weighted by Gasteiger charge is 2.15. The molecule has 1 aliphatic rings. The molecule has 1 aromatic heterocycles. The van der Waals surface area contributed by atoms with E-state index in [1.54, 1.807) is 42.6 Å². The summed E-state index contributed by atoms with van der Waals surface area (Å²) in [7, 11) is 0. The number of nitrogens with zero attached hydrogens (tertiary/aromatic N) is 1. The van der Waals surface area contributed by atoms with Crippen LogP contribution < -0.4 is 20.1 Å². The summed E-state index contributed by atoms with van der Waals surface area (Å²) < 4.78 is 23.5. The Bertz CT molecular complexity index is 960. The molecule has 6 nitrogen and oxygen atoms in total. The van der Waals surface area contributed by atoms with Crippen molar-refractivity contribution in [3.63, 3.8) is 0 Å². The fraction of sp³-hybridized carbons (Fsp3) is 0.0526. The standard InChI is InChI=1S/C19H14FN3O3/c20-13-1-3-14(4-2-13)22-16-7-12(9-21-10-16)19(24)23-15-5-6-17-18(8-15)26-11-25-17/h1-10,22H,11H2,(H,23,24). The first-order valence-electron chi connectivity index (χ1n) is 7.86. The van der Waals surface area contributed by atoms with E-state index in [-0.39, 0.29) is 18.5 Å². The molecule has 7 heteroatoms. The number of hydrogen-bond donors (Lipinski definition) is 2. The molecule has 2 heterocycles. The molecule has 0 unspecified atom stereocenters. The predicted octanol–water partition coefficient (Wildman–Crippen LogP) is 3.95. The predicted molar refractivity (Wildman–Crippen MR) is 94.4 cm³/mol. The van der Waals surface area contributed by atoms with Crippen LogP contribution in [0.1, 0.15) is 10.4 Å². The zero-order chi connectivity index (χ0) is 17.9. The molecule has 0 saturated heterocycles. The van der Waals surface area contributed by atoms with Gasteiger partial charge in [-0.25, -0.2) is 4.39 Å². The van der Waals surface area contributed by atoms with E-state index in [9.17, 15) is 9.18 Å². The van der Waals surface area contributed by atoms with Crippen LogP contribution in [0.3, 0.4) is 0 Å². The average Bonchev–Trinajstić information content (AvgIpc) is 3.12. The summed E-state index contributed by atoms with van der Waals surface area (Å²) in [5, 5.41) is 5.87. The summed E-state index contributed by atoms with van der Waals surface area (Å²) in [5.41, 5.74) is 2.29. The fourth-order valence-electron chi connectivity index (χ4n) is 2.51. The number of carbonyl (C=O) groups is 1. The van der Waals surface area contributed by atoms with Gasteiger partial charge in [-0.15, -0.1) is 0 Å². The smallest absolute Gasteiger partial charge is 0.257 e. The minimum atomic E-state index is -0.314. The van der Waals surface area contributed by atoms with Crippen LogP contribution in [-0.2, 0) is 0 Å². The SMILES string of the molecule is O=C(Nc1ccc2c(c1)OCO2)c1cncc(Nc2ccc(F)cc2)c1. The van der Waals surface area contributed by atoms with E-state index in [0.717, 1.165) is 0 Å². The highest BCUT2D eigenvalue weighted by molar-refractivity contribution is 6.04. The molecule has 0 aliphatic carbocycles. The molecule has 2 N–H and O–H groups in total. The largest absolute Gasteiger partial charge is 0.454 e. The molecule has 130 valence electrons. The van der Waals surface area contributed by atoms with Gasteiger partial charge in [-0.1, -0.05) is 0 Å². The van der Waals surface area contributed by atoms with Crippen molar-refractivity contribution in [1.82, 2.24) is 4.98 Å². The number of fused-ring (bicyclic) bond motifs is 1. The number of pyridine rings is 1. The van der Waals surface area contributed by atoms with Crippen LogP contribution in [0.15, 0.2) is 60.9 Å². The first-order valence-corrected chi connectivity index (χ1v) is 7.86. The third-order valence-corrected chi connectivity index (χ3v) is 3.76. The maximum absolute atomic E-state index is 13.0. The molecule has 0 atom stereocenters. The third kappa shape index (κ3) is 3.41. The van der Waals surface area contributed by atoms with Gasteiger partial charge in [0.15, 0.2) is 11.5 Å². The van der Waals surface area contributed by atoms with Crippen molar-refractivity contribution in [2.45, 2.75) is 0 Å². The molecule has 0 spiro atoms. The second-order valence-electron chi connectivity index (χ2n) is 5.62. The van der Waals surface area contributed by atoms with Crippen LogP contribution in [-0.4, -0.2) is 17.7 Å². The average molecular weight is 351 g/mol. The van der Waals surface area contributed by atoms with Crippen molar-refractivity contribution in [1.29, 1.82) is 0 Å². The molecular weight excluding hydrogens is 337 g/mol. The van der Waals surface area contributed by atoms with Gasteiger partial charge in [-0.2, -0.15) is 0 Å². The Morgan fingerprint density at radius 3 is 2.54 bits per heavy atom. The van der Waals surface area contributed by atoms with E-state index < -0.39 is 0 Å². The van der Waals surface area contributed by atoms with Crippen molar-refractivity contribution in [3.8, 4) is 11.5 Å². The number of anilines is 3. The Morgan fingerprint density at radius 1 is 0.923 bits per heavy atom. The van der Waals surface area contributed by atoms with Gasteiger partial charge in [0.25, 0.3) is 5.91 Å². The monoisotopic (exact) mass is 351 g/mol. The molecule has 0 radical (unpaired) electrons. The zero-order valence-electron chi connectivity index (χ0n) is 13.5. The van der Waals surface area contributed by atoms with Crippen LogP contribution in [0.4, 0.5) is 21.5 Å². The second-order valence-corrected chi connectivity index (χ2v) is 5.62. The lowest BCUT2D eigenvalue weighted by Crippen LogP contribution is -2.12. The summed E-state index contributed by atoms with van der Waals surface area (Å²) in [6.45, 7) is 0.174. The Balaban J connectivity index is 1.48. The number of rotatable bonds is 4. The second kappa shape index (κ2) is 6.72. The summed E-state index contributed by atoms with van der Waals surface area (Å²) in [4.78, 5) is 16.5. The lowest BCUT2D eigenvalue weighted by molar-refractivity contribution is 0.102. The highest BCUT2D eigenvalue weighted by atomic mass is 19.1. The molecule has 2 aromatic carbocycles. The van der Waals surface area contributed by atoms with Crippen LogP contribution in [0.2, 0.25) is 0 Å². The van der Waals surface area contributed by atoms with Crippen molar-refractivity contribution in [2.75, 3.05) is 17.4 Å². The zero-order valence-corrected chi connectivity index (χ0v) is 13.5. The van der Waals surface area contributed by atoms with Gasteiger partial charge < -0.3 is 20.1 Å². The van der Waals surface area contributed by atoms with E-state index in [2.05, 4.69) is 15.6 Å². The maximum atomic E-state index is 13.0. The van der Waals surface area contributed by atoms with Gasteiger partial charge in [0.05, 0.1) is 17.4 Å². The normalized spacial score (nSPS) is 11.9. The number of carbonyl (C=O) groups excluding carboxylic acids is 1. The molecule has 4 rings (SSSR count). The minimum Gasteiger partial charge on any atom is -0.454 e. The number of benzene rings is 2. The van der Waals surface area contributed by atoms with Crippen molar-refractivity contribution < 1.29 is 18.7 Å². The quantitative estimate of drug-likeness (QED) is 0.745.